The van der Waals surface area contributed by atoms with Crippen LogP contribution in [0.1, 0.15) is 16.2 Å². The number of fused-ring (bicyclic) bond motifs is 1. The normalized spacial score (nSPS) is 11.0. The predicted molar refractivity (Wildman–Crippen MR) is 99.7 cm³/mol. The van der Waals surface area contributed by atoms with Crippen molar-refractivity contribution in [2.24, 2.45) is 0 Å². The van der Waals surface area contributed by atoms with Gasteiger partial charge in [-0.05, 0) is 42.8 Å². The molecule has 0 spiro atoms. The minimum Gasteiger partial charge on any atom is -0.465 e. The van der Waals surface area contributed by atoms with Crippen LogP contribution >= 0.6 is 11.6 Å². The molecule has 4 aromatic rings. The fourth-order valence-corrected chi connectivity index (χ4v) is 3.06. The smallest absolute Gasteiger partial charge is 0.337 e. The Morgan fingerprint density at radius 1 is 1.15 bits per heavy atom. The van der Waals surface area contributed by atoms with Crippen LogP contribution in [-0.2, 0) is 4.74 Å². The lowest BCUT2D eigenvalue weighted by Crippen LogP contribution is -2.01. The number of carbonyl (C=O) groups excluding carboxylic acids is 1. The van der Waals surface area contributed by atoms with Gasteiger partial charge in [0.15, 0.2) is 5.82 Å². The molecule has 0 aliphatic rings. The first-order valence-corrected chi connectivity index (χ1v) is 8.34. The molecule has 2 heterocycles. The van der Waals surface area contributed by atoms with Gasteiger partial charge >= 0.3 is 5.97 Å². The predicted octanol–water partition coefficient (Wildman–Crippen LogP) is 4.16. The fraction of sp³-hybridized carbons (Fsp3) is 0.105. The van der Waals surface area contributed by atoms with Gasteiger partial charge in [-0.15, -0.1) is 0 Å². The van der Waals surface area contributed by atoms with E-state index in [9.17, 15) is 4.79 Å². The topological polar surface area (TPSA) is 72.8 Å². The van der Waals surface area contributed by atoms with Gasteiger partial charge in [0.2, 0.25) is 0 Å². The van der Waals surface area contributed by atoms with Crippen LogP contribution in [-0.4, -0.2) is 32.8 Å². The number of ether oxygens (including phenoxy) is 1. The Hall–Kier alpha value is -3.12. The number of esters is 1. The SMILES string of the molecule is COC(=O)c1ccc2c(c1)nc(C)n2-c1cc(-c2ccc(Cl)cc2)[nH]n1. The van der Waals surface area contributed by atoms with Gasteiger partial charge in [-0.1, -0.05) is 23.7 Å². The van der Waals surface area contributed by atoms with Gasteiger partial charge in [0, 0.05) is 11.1 Å². The van der Waals surface area contributed by atoms with Crippen molar-refractivity contribution in [2.45, 2.75) is 6.92 Å². The Labute approximate surface area is 154 Å². The maximum absolute atomic E-state index is 11.7. The number of imidazole rings is 1. The van der Waals surface area contributed by atoms with E-state index in [1.165, 1.54) is 7.11 Å². The van der Waals surface area contributed by atoms with Gasteiger partial charge in [-0.2, -0.15) is 5.10 Å². The molecule has 0 aliphatic carbocycles. The van der Waals surface area contributed by atoms with E-state index in [1.54, 1.807) is 12.1 Å². The van der Waals surface area contributed by atoms with E-state index in [0.29, 0.717) is 16.1 Å². The summed E-state index contributed by atoms with van der Waals surface area (Å²) in [6.07, 6.45) is 0. The van der Waals surface area contributed by atoms with Crippen LogP contribution in [0, 0.1) is 6.92 Å². The largest absolute Gasteiger partial charge is 0.465 e. The number of aromatic nitrogens is 4. The third kappa shape index (κ3) is 2.74. The Morgan fingerprint density at radius 2 is 1.92 bits per heavy atom. The highest BCUT2D eigenvalue weighted by Gasteiger charge is 2.15. The van der Waals surface area contributed by atoms with Crippen LogP contribution in [0.2, 0.25) is 5.02 Å². The highest BCUT2D eigenvalue weighted by molar-refractivity contribution is 6.30. The van der Waals surface area contributed by atoms with Crippen LogP contribution in [0.25, 0.3) is 28.1 Å². The average Bonchev–Trinajstić information content (AvgIpc) is 3.24. The second-order valence-electron chi connectivity index (χ2n) is 5.84. The number of H-pyrrole nitrogens is 1. The van der Waals surface area contributed by atoms with E-state index in [0.717, 1.165) is 28.4 Å². The van der Waals surface area contributed by atoms with Gasteiger partial charge in [0.1, 0.15) is 5.82 Å². The molecule has 6 nitrogen and oxygen atoms in total. The maximum atomic E-state index is 11.7. The van der Waals surface area contributed by atoms with Gasteiger partial charge in [0.25, 0.3) is 0 Å². The number of methoxy groups -OCH3 is 1. The summed E-state index contributed by atoms with van der Waals surface area (Å²) in [6.45, 7) is 1.90. The molecule has 0 amide bonds. The molecule has 26 heavy (non-hydrogen) atoms. The molecule has 7 heteroatoms. The second-order valence-corrected chi connectivity index (χ2v) is 6.27. The van der Waals surface area contributed by atoms with Crippen LogP contribution in [0.3, 0.4) is 0 Å². The van der Waals surface area contributed by atoms with E-state index in [-0.39, 0.29) is 5.97 Å². The van der Waals surface area contributed by atoms with Crippen LogP contribution in [0.15, 0.2) is 48.5 Å². The number of hydrogen-bond acceptors (Lipinski definition) is 4. The summed E-state index contributed by atoms with van der Waals surface area (Å²) in [5.74, 6) is 1.11. The van der Waals surface area contributed by atoms with Crippen molar-refractivity contribution in [3.8, 4) is 17.1 Å². The van der Waals surface area contributed by atoms with E-state index < -0.39 is 0 Å². The number of nitrogens with one attached hydrogen (secondary N) is 1. The standard InChI is InChI=1S/C19H15ClN4O2/c1-11-21-16-9-13(19(25)26-2)5-8-17(16)24(11)18-10-15(22-23-18)12-3-6-14(20)7-4-12/h3-10H,1-2H3,(H,22,23). The Balaban J connectivity index is 1.78. The molecule has 130 valence electrons. The highest BCUT2D eigenvalue weighted by atomic mass is 35.5. The lowest BCUT2D eigenvalue weighted by atomic mass is 10.1. The van der Waals surface area contributed by atoms with Crippen molar-refractivity contribution in [3.63, 3.8) is 0 Å². The van der Waals surface area contributed by atoms with Crippen LogP contribution in [0.5, 0.6) is 0 Å². The Morgan fingerprint density at radius 3 is 2.65 bits per heavy atom. The van der Waals surface area contributed by atoms with E-state index in [2.05, 4.69) is 15.2 Å². The molecule has 0 bridgehead atoms. The maximum Gasteiger partial charge on any atom is 0.337 e. The molecule has 4 rings (SSSR count). The number of aromatic amines is 1. The quantitative estimate of drug-likeness (QED) is 0.552. The van der Waals surface area contributed by atoms with Crippen molar-refractivity contribution >= 4 is 28.6 Å². The molecule has 2 aromatic carbocycles. The summed E-state index contributed by atoms with van der Waals surface area (Å²) in [5.41, 5.74) is 3.91. The van der Waals surface area contributed by atoms with Gasteiger partial charge < -0.3 is 4.74 Å². The number of hydrogen-bond donors (Lipinski definition) is 1. The zero-order valence-electron chi connectivity index (χ0n) is 14.2. The number of rotatable bonds is 3. The molecule has 0 saturated heterocycles. The summed E-state index contributed by atoms with van der Waals surface area (Å²) in [6, 6.07) is 14.8. The van der Waals surface area contributed by atoms with Crippen molar-refractivity contribution in [1.82, 2.24) is 19.7 Å². The zero-order valence-corrected chi connectivity index (χ0v) is 14.9. The monoisotopic (exact) mass is 366 g/mol. The van der Waals surface area contributed by atoms with Crippen LogP contribution < -0.4 is 0 Å². The van der Waals surface area contributed by atoms with E-state index in [4.69, 9.17) is 16.3 Å². The highest BCUT2D eigenvalue weighted by Crippen LogP contribution is 2.25. The van der Waals surface area contributed by atoms with E-state index >= 15 is 0 Å². The molecule has 0 aliphatic heterocycles. The summed E-state index contributed by atoms with van der Waals surface area (Å²) >= 11 is 5.95. The second kappa shape index (κ2) is 6.31. The molecule has 0 atom stereocenters. The molecule has 2 aromatic heterocycles. The molecule has 1 N–H and O–H groups in total. The summed E-state index contributed by atoms with van der Waals surface area (Å²) in [5, 5.41) is 8.15. The van der Waals surface area contributed by atoms with E-state index in [1.807, 2.05) is 47.9 Å². The molecule has 0 unspecified atom stereocenters. The fourth-order valence-electron chi connectivity index (χ4n) is 2.94. The summed E-state index contributed by atoms with van der Waals surface area (Å²) < 4.78 is 6.70. The molecule has 0 radical (unpaired) electrons. The summed E-state index contributed by atoms with van der Waals surface area (Å²) in [4.78, 5) is 16.3. The first kappa shape index (κ1) is 16.4. The average molecular weight is 367 g/mol. The minimum atomic E-state index is -0.385. The lowest BCUT2D eigenvalue weighted by molar-refractivity contribution is 0.0601. The molecular weight excluding hydrogens is 352 g/mol. The third-order valence-corrected chi connectivity index (χ3v) is 4.44. The summed E-state index contributed by atoms with van der Waals surface area (Å²) in [7, 11) is 1.36. The van der Waals surface area contributed by atoms with Crippen molar-refractivity contribution in [2.75, 3.05) is 7.11 Å². The minimum absolute atomic E-state index is 0.385. The lowest BCUT2D eigenvalue weighted by Gasteiger charge is -2.03. The molecule has 0 fully saturated rings. The zero-order chi connectivity index (χ0) is 18.3. The number of halogens is 1. The number of nitrogens with zero attached hydrogens (tertiary/aromatic N) is 3. The van der Waals surface area contributed by atoms with Crippen LogP contribution in [0.4, 0.5) is 0 Å². The van der Waals surface area contributed by atoms with Gasteiger partial charge in [0.05, 0.1) is 29.4 Å². The Bertz CT molecular complexity index is 1110. The molecule has 0 saturated carbocycles. The first-order chi connectivity index (χ1) is 12.6. The Kier molecular flexibility index (Phi) is 3.97. The number of benzene rings is 2. The number of carbonyl (C=O) groups is 1. The third-order valence-electron chi connectivity index (χ3n) is 4.19. The van der Waals surface area contributed by atoms with Gasteiger partial charge in [-0.3, -0.25) is 9.67 Å². The van der Waals surface area contributed by atoms with Gasteiger partial charge in [-0.25, -0.2) is 9.78 Å². The van der Waals surface area contributed by atoms with Crippen molar-refractivity contribution in [1.29, 1.82) is 0 Å². The van der Waals surface area contributed by atoms with Crippen molar-refractivity contribution in [3.05, 3.63) is 64.9 Å². The first-order valence-electron chi connectivity index (χ1n) is 7.96. The number of aryl methyl sites for hydroxylation is 1. The van der Waals surface area contributed by atoms with Crippen molar-refractivity contribution < 1.29 is 9.53 Å². The molecular formula is C19H15ClN4O2.